The van der Waals surface area contributed by atoms with E-state index in [9.17, 15) is 0 Å². The molecule has 2 saturated heterocycles. The molecule has 1 spiro atoms. The number of aromatic amines is 1. The lowest BCUT2D eigenvalue weighted by Crippen LogP contribution is -2.52. The molecule has 1 aromatic carbocycles. The van der Waals surface area contributed by atoms with Crippen molar-refractivity contribution in [1.29, 1.82) is 0 Å². The van der Waals surface area contributed by atoms with Gasteiger partial charge in [0.05, 0.1) is 12.1 Å². The maximum atomic E-state index is 4.71. The lowest BCUT2D eigenvalue weighted by molar-refractivity contribution is 0.0974. The first-order chi connectivity index (χ1) is 13.2. The molecule has 0 radical (unpaired) electrons. The minimum Gasteiger partial charge on any atom is -0.371 e. The molecule has 2 fully saturated rings. The number of pyridine rings is 1. The van der Waals surface area contributed by atoms with Gasteiger partial charge in [-0.15, -0.1) is 0 Å². The number of nitrogens with zero attached hydrogens (tertiary/aromatic N) is 4. The highest BCUT2D eigenvalue weighted by molar-refractivity contribution is 5.92. The van der Waals surface area contributed by atoms with Crippen LogP contribution in [0.15, 0.2) is 42.7 Å². The Hall–Kier alpha value is -2.40. The number of aryl methyl sites for hydroxylation is 1. The van der Waals surface area contributed by atoms with E-state index in [1.807, 2.05) is 12.4 Å². The Balaban J connectivity index is 1.37. The van der Waals surface area contributed by atoms with Gasteiger partial charge in [0, 0.05) is 47.8 Å². The molecule has 5 heteroatoms. The Morgan fingerprint density at radius 1 is 1.11 bits per heavy atom. The van der Waals surface area contributed by atoms with Crippen LogP contribution >= 0.6 is 0 Å². The summed E-state index contributed by atoms with van der Waals surface area (Å²) in [5.41, 5.74) is 3.90. The molecular formula is C22H27N5. The minimum absolute atomic E-state index is 0.348. The number of hydrogen-bond donors (Lipinski definition) is 1. The first-order valence-electron chi connectivity index (χ1n) is 10.1. The third-order valence-corrected chi connectivity index (χ3v) is 6.49. The fourth-order valence-corrected chi connectivity index (χ4v) is 5.08. The third-order valence-electron chi connectivity index (χ3n) is 6.49. The third kappa shape index (κ3) is 3.00. The molecule has 3 aromatic rings. The van der Waals surface area contributed by atoms with Gasteiger partial charge in [-0.2, -0.15) is 0 Å². The lowest BCUT2D eigenvalue weighted by atomic mass is 9.84. The largest absolute Gasteiger partial charge is 0.371 e. The Labute approximate surface area is 160 Å². The van der Waals surface area contributed by atoms with E-state index in [2.05, 4.69) is 57.0 Å². The van der Waals surface area contributed by atoms with E-state index in [0.717, 1.165) is 36.7 Å². The average Bonchev–Trinajstić information content (AvgIpc) is 3.33. The topological polar surface area (TPSA) is 48.0 Å². The van der Waals surface area contributed by atoms with Crippen molar-refractivity contribution < 1.29 is 0 Å². The molecule has 2 aliphatic heterocycles. The van der Waals surface area contributed by atoms with Gasteiger partial charge in [-0.1, -0.05) is 18.2 Å². The summed E-state index contributed by atoms with van der Waals surface area (Å²) < 4.78 is 0. The van der Waals surface area contributed by atoms with Gasteiger partial charge in [0.15, 0.2) is 0 Å². The van der Waals surface area contributed by atoms with Crippen LogP contribution in [0, 0.1) is 6.92 Å². The summed E-state index contributed by atoms with van der Waals surface area (Å²) in [7, 11) is 0. The average molecular weight is 361 g/mol. The molecule has 5 rings (SSSR count). The molecule has 27 heavy (non-hydrogen) atoms. The number of imidazole rings is 1. The zero-order chi connectivity index (χ0) is 18.3. The smallest absolute Gasteiger partial charge is 0.120 e. The van der Waals surface area contributed by atoms with Crippen molar-refractivity contribution in [2.24, 2.45) is 0 Å². The Bertz CT molecular complexity index is 925. The number of anilines is 1. The molecular weight excluding hydrogens is 334 g/mol. The summed E-state index contributed by atoms with van der Waals surface area (Å²) in [6.07, 6.45) is 8.86. The van der Waals surface area contributed by atoms with E-state index in [-0.39, 0.29) is 0 Å². The van der Waals surface area contributed by atoms with Crippen LogP contribution in [-0.2, 0) is 6.54 Å². The number of rotatable bonds is 3. The molecule has 4 heterocycles. The number of nitrogens with one attached hydrogen (secondary N) is 1. The highest BCUT2D eigenvalue weighted by atomic mass is 15.3. The fourth-order valence-electron chi connectivity index (χ4n) is 5.08. The fraction of sp³-hybridized carbons (Fsp3) is 0.455. The quantitative estimate of drug-likeness (QED) is 0.769. The van der Waals surface area contributed by atoms with Gasteiger partial charge in [-0.25, -0.2) is 4.98 Å². The molecule has 0 atom stereocenters. The van der Waals surface area contributed by atoms with Gasteiger partial charge in [0.25, 0.3) is 0 Å². The van der Waals surface area contributed by atoms with Crippen molar-refractivity contribution in [3.05, 3.63) is 54.2 Å². The highest BCUT2D eigenvalue weighted by Crippen LogP contribution is 2.41. The molecule has 0 aliphatic carbocycles. The number of para-hydroxylation sites is 1. The maximum absolute atomic E-state index is 4.71. The molecule has 0 bridgehead atoms. The van der Waals surface area contributed by atoms with Crippen LogP contribution in [0.5, 0.6) is 0 Å². The van der Waals surface area contributed by atoms with Crippen molar-refractivity contribution in [2.45, 2.75) is 44.7 Å². The van der Waals surface area contributed by atoms with Crippen molar-refractivity contribution in [2.75, 3.05) is 24.5 Å². The molecule has 1 N–H and O–H groups in total. The summed E-state index contributed by atoms with van der Waals surface area (Å²) in [5, 5.41) is 1.28. The first kappa shape index (κ1) is 16.8. The second-order valence-electron chi connectivity index (χ2n) is 8.07. The predicted octanol–water partition coefficient (Wildman–Crippen LogP) is 3.90. The molecule has 0 amide bonds. The van der Waals surface area contributed by atoms with E-state index in [1.165, 1.54) is 43.3 Å². The summed E-state index contributed by atoms with van der Waals surface area (Å²) in [5.74, 6) is 1.09. The van der Waals surface area contributed by atoms with E-state index in [1.54, 1.807) is 0 Å². The normalized spacial score (nSPS) is 20.0. The monoisotopic (exact) mass is 361 g/mol. The summed E-state index contributed by atoms with van der Waals surface area (Å²) in [6, 6.07) is 10.8. The summed E-state index contributed by atoms with van der Waals surface area (Å²) in [6.45, 7) is 6.47. The van der Waals surface area contributed by atoms with Gasteiger partial charge >= 0.3 is 0 Å². The van der Waals surface area contributed by atoms with E-state index in [0.29, 0.717) is 5.54 Å². The Kier molecular flexibility index (Phi) is 4.12. The van der Waals surface area contributed by atoms with Crippen LogP contribution in [0.1, 0.15) is 37.2 Å². The number of benzene rings is 1. The zero-order valence-corrected chi connectivity index (χ0v) is 16.0. The van der Waals surface area contributed by atoms with Crippen molar-refractivity contribution in [1.82, 2.24) is 19.9 Å². The summed E-state index contributed by atoms with van der Waals surface area (Å²) >= 11 is 0. The maximum Gasteiger partial charge on any atom is 0.120 e. The number of piperidine rings is 1. The van der Waals surface area contributed by atoms with Crippen LogP contribution in [-0.4, -0.2) is 45.0 Å². The van der Waals surface area contributed by atoms with Gasteiger partial charge in [0.1, 0.15) is 5.82 Å². The number of aromatic nitrogens is 3. The van der Waals surface area contributed by atoms with E-state index >= 15 is 0 Å². The highest BCUT2D eigenvalue weighted by Gasteiger charge is 2.43. The van der Waals surface area contributed by atoms with Crippen LogP contribution < -0.4 is 4.90 Å². The standard InChI is InChI=1S/C22H27N5/c1-17-15-20(18-5-2-3-6-19(18)25-17)26-13-8-22(9-14-26)7-4-12-27(22)16-21-23-10-11-24-21/h2-3,5-6,10-11,15H,4,7-9,12-14,16H2,1H3,(H,23,24). The Morgan fingerprint density at radius 2 is 1.96 bits per heavy atom. The second-order valence-corrected chi connectivity index (χ2v) is 8.07. The zero-order valence-electron chi connectivity index (χ0n) is 16.0. The molecule has 5 nitrogen and oxygen atoms in total. The predicted molar refractivity (Wildman–Crippen MR) is 109 cm³/mol. The number of likely N-dealkylation sites (tertiary alicyclic amines) is 1. The first-order valence-corrected chi connectivity index (χ1v) is 10.1. The van der Waals surface area contributed by atoms with Crippen molar-refractivity contribution >= 4 is 16.6 Å². The molecule has 2 aromatic heterocycles. The van der Waals surface area contributed by atoms with Crippen molar-refractivity contribution in [3.63, 3.8) is 0 Å². The SMILES string of the molecule is Cc1cc(N2CCC3(CCCN3Cc3ncc[nH]3)CC2)c2ccccc2n1. The second kappa shape index (κ2) is 6.64. The van der Waals surface area contributed by atoms with Crippen LogP contribution in [0.2, 0.25) is 0 Å². The number of fused-ring (bicyclic) bond motifs is 1. The van der Waals surface area contributed by atoms with Gasteiger partial charge in [-0.05, 0) is 51.3 Å². The van der Waals surface area contributed by atoms with Crippen molar-refractivity contribution in [3.8, 4) is 0 Å². The van der Waals surface area contributed by atoms with E-state index in [4.69, 9.17) is 4.98 Å². The molecule has 0 saturated carbocycles. The van der Waals surface area contributed by atoms with E-state index < -0.39 is 0 Å². The number of H-pyrrole nitrogens is 1. The van der Waals surface area contributed by atoms with Crippen LogP contribution in [0.3, 0.4) is 0 Å². The van der Waals surface area contributed by atoms with Gasteiger partial charge in [0.2, 0.25) is 0 Å². The van der Waals surface area contributed by atoms with Gasteiger partial charge in [-0.3, -0.25) is 9.88 Å². The Morgan fingerprint density at radius 3 is 2.78 bits per heavy atom. The van der Waals surface area contributed by atoms with Crippen LogP contribution in [0.4, 0.5) is 5.69 Å². The van der Waals surface area contributed by atoms with Crippen LogP contribution in [0.25, 0.3) is 10.9 Å². The molecule has 140 valence electrons. The lowest BCUT2D eigenvalue weighted by Gasteiger charge is -2.45. The molecule has 0 unspecified atom stereocenters. The van der Waals surface area contributed by atoms with Gasteiger partial charge < -0.3 is 9.88 Å². The minimum atomic E-state index is 0.348. The molecule has 2 aliphatic rings. The summed E-state index contributed by atoms with van der Waals surface area (Å²) in [4.78, 5) is 17.7. The number of hydrogen-bond acceptors (Lipinski definition) is 4.